The first kappa shape index (κ1) is 20.1. The van der Waals surface area contributed by atoms with Crippen LogP contribution in [0.4, 0.5) is 0 Å². The summed E-state index contributed by atoms with van der Waals surface area (Å²) in [4.78, 5) is 39.8. The largest absolute Gasteiger partial charge is 0.355 e. The van der Waals surface area contributed by atoms with E-state index >= 15 is 0 Å². The number of nitrogens with zero attached hydrogens (tertiary/aromatic N) is 2. The minimum absolute atomic E-state index is 0.00117. The highest BCUT2D eigenvalue weighted by molar-refractivity contribution is 9.11. The smallest absolute Gasteiger partial charge is 0.264 e. The van der Waals surface area contributed by atoms with E-state index in [4.69, 9.17) is 0 Å². The Morgan fingerprint density at radius 2 is 1.69 bits per heavy atom. The van der Waals surface area contributed by atoms with Gasteiger partial charge in [-0.15, -0.1) is 11.3 Å². The van der Waals surface area contributed by atoms with Crippen LogP contribution in [-0.2, 0) is 11.3 Å². The predicted molar refractivity (Wildman–Crippen MR) is 105 cm³/mol. The molecule has 0 unspecified atom stereocenters. The van der Waals surface area contributed by atoms with Gasteiger partial charge in [-0.05, 0) is 45.8 Å². The molecular weight excluding hydrogens is 418 g/mol. The maximum Gasteiger partial charge on any atom is 0.264 e. The van der Waals surface area contributed by atoms with Crippen LogP contribution in [0.25, 0.3) is 0 Å². The molecule has 8 heteroatoms. The number of rotatable bonds is 6. The molecular formula is C18H20BrN3O3S. The van der Waals surface area contributed by atoms with Crippen LogP contribution in [0.2, 0.25) is 0 Å². The average Bonchev–Trinajstić information content (AvgIpc) is 3.07. The lowest BCUT2D eigenvalue weighted by Gasteiger charge is -2.22. The van der Waals surface area contributed by atoms with Crippen molar-refractivity contribution in [1.82, 2.24) is 15.1 Å². The Labute approximate surface area is 164 Å². The minimum Gasteiger partial charge on any atom is -0.355 e. The Balaban J connectivity index is 1.92. The van der Waals surface area contributed by atoms with Crippen molar-refractivity contribution in [3.05, 3.63) is 56.2 Å². The third-order valence-electron chi connectivity index (χ3n) is 3.79. The fraction of sp³-hybridized carbons (Fsp3) is 0.278. The van der Waals surface area contributed by atoms with Crippen molar-refractivity contribution < 1.29 is 14.4 Å². The first-order valence-corrected chi connectivity index (χ1v) is 9.48. The summed E-state index contributed by atoms with van der Waals surface area (Å²) in [5.74, 6) is -0.495. The van der Waals surface area contributed by atoms with Crippen LogP contribution in [0.3, 0.4) is 0 Å². The Morgan fingerprint density at radius 3 is 2.23 bits per heavy atom. The Morgan fingerprint density at radius 1 is 1.04 bits per heavy atom. The third kappa shape index (κ3) is 5.15. The van der Waals surface area contributed by atoms with Gasteiger partial charge >= 0.3 is 0 Å². The van der Waals surface area contributed by atoms with E-state index in [0.29, 0.717) is 17.0 Å². The number of benzene rings is 1. The zero-order valence-corrected chi connectivity index (χ0v) is 17.2. The standard InChI is InChI=1S/C18H20BrN3O3S/c1-20-17(24)13-6-4-12(5-7-13)10-21(2)16(23)11-22(3)18(25)14-8-9-15(19)26-14/h4-9H,10-11H2,1-3H3,(H,20,24). The molecule has 2 rings (SSSR count). The molecule has 3 amide bonds. The van der Waals surface area contributed by atoms with E-state index in [1.54, 1.807) is 44.2 Å². The number of carbonyl (C=O) groups is 3. The summed E-state index contributed by atoms with van der Waals surface area (Å²) in [6.45, 7) is 0.403. The van der Waals surface area contributed by atoms with Crippen molar-refractivity contribution in [2.75, 3.05) is 27.7 Å². The normalized spacial score (nSPS) is 10.3. The number of likely N-dealkylation sites (N-methyl/N-ethyl adjacent to an activating group) is 2. The van der Waals surface area contributed by atoms with E-state index in [9.17, 15) is 14.4 Å². The Hall–Kier alpha value is -2.19. The molecule has 0 fully saturated rings. The molecule has 0 spiro atoms. The lowest BCUT2D eigenvalue weighted by Crippen LogP contribution is -2.38. The molecule has 1 N–H and O–H groups in total. The summed E-state index contributed by atoms with van der Waals surface area (Å²) in [6.07, 6.45) is 0. The molecule has 0 saturated heterocycles. The van der Waals surface area contributed by atoms with E-state index in [0.717, 1.165) is 9.35 Å². The molecule has 0 bridgehead atoms. The lowest BCUT2D eigenvalue weighted by molar-refractivity contribution is -0.130. The van der Waals surface area contributed by atoms with Gasteiger partial charge in [0.25, 0.3) is 11.8 Å². The summed E-state index contributed by atoms with van der Waals surface area (Å²) in [5.41, 5.74) is 1.47. The average molecular weight is 438 g/mol. The zero-order chi connectivity index (χ0) is 19.3. The van der Waals surface area contributed by atoms with Crippen LogP contribution in [0.15, 0.2) is 40.2 Å². The predicted octanol–water partition coefficient (Wildman–Crippen LogP) is 2.60. The van der Waals surface area contributed by atoms with E-state index in [1.807, 2.05) is 18.2 Å². The highest BCUT2D eigenvalue weighted by Crippen LogP contribution is 2.23. The molecule has 0 aliphatic carbocycles. The fourth-order valence-electron chi connectivity index (χ4n) is 2.28. The van der Waals surface area contributed by atoms with Gasteiger partial charge in [0.2, 0.25) is 5.91 Å². The second kappa shape index (κ2) is 8.95. The Kier molecular flexibility index (Phi) is 6.93. The van der Waals surface area contributed by atoms with Crippen molar-refractivity contribution >= 4 is 45.0 Å². The van der Waals surface area contributed by atoms with Crippen LogP contribution >= 0.6 is 27.3 Å². The van der Waals surface area contributed by atoms with Crippen LogP contribution in [-0.4, -0.2) is 55.2 Å². The number of hydrogen-bond donors (Lipinski definition) is 1. The van der Waals surface area contributed by atoms with Gasteiger partial charge in [-0.2, -0.15) is 0 Å². The molecule has 1 heterocycles. The molecule has 0 aliphatic rings. The van der Waals surface area contributed by atoms with Gasteiger partial charge in [-0.1, -0.05) is 12.1 Å². The second-order valence-electron chi connectivity index (χ2n) is 5.79. The second-order valence-corrected chi connectivity index (χ2v) is 8.25. The van der Waals surface area contributed by atoms with E-state index in [1.165, 1.54) is 16.2 Å². The maximum absolute atomic E-state index is 12.4. The summed E-state index contributed by atoms with van der Waals surface area (Å²) in [6, 6.07) is 10.6. The van der Waals surface area contributed by atoms with Crippen molar-refractivity contribution in [3.8, 4) is 0 Å². The first-order valence-electron chi connectivity index (χ1n) is 7.87. The molecule has 2 aromatic rings. The Bertz CT molecular complexity index is 804. The molecule has 0 saturated carbocycles. The van der Waals surface area contributed by atoms with Gasteiger partial charge in [0, 0.05) is 33.3 Å². The van der Waals surface area contributed by atoms with Gasteiger partial charge in [0.1, 0.15) is 0 Å². The van der Waals surface area contributed by atoms with Crippen LogP contribution in [0, 0.1) is 0 Å². The molecule has 138 valence electrons. The van der Waals surface area contributed by atoms with E-state index < -0.39 is 0 Å². The van der Waals surface area contributed by atoms with Crippen molar-refractivity contribution in [3.63, 3.8) is 0 Å². The van der Waals surface area contributed by atoms with Gasteiger partial charge in [0.15, 0.2) is 0 Å². The van der Waals surface area contributed by atoms with Gasteiger partial charge in [0.05, 0.1) is 15.2 Å². The third-order valence-corrected chi connectivity index (χ3v) is 5.40. The quantitative estimate of drug-likeness (QED) is 0.754. The van der Waals surface area contributed by atoms with E-state index in [-0.39, 0.29) is 24.3 Å². The molecule has 0 radical (unpaired) electrons. The fourth-order valence-corrected chi connectivity index (χ4v) is 3.66. The maximum atomic E-state index is 12.4. The summed E-state index contributed by atoms with van der Waals surface area (Å²) in [5, 5.41) is 2.56. The summed E-state index contributed by atoms with van der Waals surface area (Å²) >= 11 is 4.66. The summed E-state index contributed by atoms with van der Waals surface area (Å²) in [7, 11) is 4.88. The minimum atomic E-state index is -0.183. The number of hydrogen-bond acceptors (Lipinski definition) is 4. The molecule has 6 nitrogen and oxygen atoms in total. The zero-order valence-electron chi connectivity index (χ0n) is 14.8. The summed E-state index contributed by atoms with van der Waals surface area (Å²) < 4.78 is 0.873. The first-order chi connectivity index (χ1) is 12.3. The number of halogens is 1. The number of nitrogens with one attached hydrogen (secondary N) is 1. The molecule has 0 atom stereocenters. The molecule has 26 heavy (non-hydrogen) atoms. The van der Waals surface area contributed by atoms with Crippen molar-refractivity contribution in [1.29, 1.82) is 0 Å². The topological polar surface area (TPSA) is 69.7 Å². The van der Waals surface area contributed by atoms with Crippen LogP contribution < -0.4 is 5.32 Å². The van der Waals surface area contributed by atoms with Gasteiger partial charge < -0.3 is 15.1 Å². The number of thiophene rings is 1. The van der Waals surface area contributed by atoms with Gasteiger partial charge in [-0.3, -0.25) is 14.4 Å². The molecule has 1 aromatic carbocycles. The van der Waals surface area contributed by atoms with Crippen molar-refractivity contribution in [2.24, 2.45) is 0 Å². The molecule has 0 aliphatic heterocycles. The number of amides is 3. The van der Waals surface area contributed by atoms with Crippen LogP contribution in [0.1, 0.15) is 25.6 Å². The number of carbonyl (C=O) groups excluding carboxylic acids is 3. The molecule has 1 aromatic heterocycles. The van der Waals surface area contributed by atoms with E-state index in [2.05, 4.69) is 21.2 Å². The highest BCUT2D eigenvalue weighted by atomic mass is 79.9. The monoisotopic (exact) mass is 437 g/mol. The lowest BCUT2D eigenvalue weighted by atomic mass is 10.1. The highest BCUT2D eigenvalue weighted by Gasteiger charge is 2.19. The van der Waals surface area contributed by atoms with Gasteiger partial charge in [-0.25, -0.2) is 0 Å². The SMILES string of the molecule is CNC(=O)c1ccc(CN(C)C(=O)CN(C)C(=O)c2ccc(Br)s2)cc1. The van der Waals surface area contributed by atoms with Crippen LogP contribution in [0.5, 0.6) is 0 Å². The van der Waals surface area contributed by atoms with Crippen molar-refractivity contribution in [2.45, 2.75) is 6.54 Å².